The van der Waals surface area contributed by atoms with Gasteiger partial charge in [-0.1, -0.05) is 18.2 Å². The maximum absolute atomic E-state index is 11.4. The van der Waals surface area contributed by atoms with Gasteiger partial charge in [0.1, 0.15) is 0 Å². The van der Waals surface area contributed by atoms with Crippen molar-refractivity contribution in [3.63, 3.8) is 0 Å². The van der Waals surface area contributed by atoms with Crippen LogP contribution < -0.4 is 15.1 Å². The summed E-state index contributed by atoms with van der Waals surface area (Å²) in [6, 6.07) is 18.4. The third-order valence-electron chi connectivity index (χ3n) is 4.16. The quantitative estimate of drug-likeness (QED) is 0.933. The highest BCUT2D eigenvalue weighted by Crippen LogP contribution is 2.22. The Morgan fingerprint density at radius 2 is 1.46 bits per heavy atom. The summed E-state index contributed by atoms with van der Waals surface area (Å²) in [5.41, 5.74) is 3.21. The van der Waals surface area contributed by atoms with Crippen LogP contribution in [0, 0.1) is 0 Å². The Balaban J connectivity index is 1.55. The molecule has 0 aromatic heterocycles. The summed E-state index contributed by atoms with van der Waals surface area (Å²) in [4.78, 5) is 16.2. The second kappa shape index (κ2) is 7.73. The van der Waals surface area contributed by atoms with E-state index in [0.717, 1.165) is 31.9 Å². The molecule has 0 aliphatic carbocycles. The van der Waals surface area contributed by atoms with E-state index in [1.54, 1.807) is 6.92 Å². The zero-order valence-electron chi connectivity index (χ0n) is 13.9. The molecular weight excluding hydrogens is 302 g/mol. The molecule has 24 heavy (non-hydrogen) atoms. The Morgan fingerprint density at radius 3 is 2.00 bits per heavy atom. The molecule has 1 aliphatic heterocycles. The van der Waals surface area contributed by atoms with E-state index in [4.69, 9.17) is 4.74 Å². The van der Waals surface area contributed by atoms with Crippen LogP contribution in [0.2, 0.25) is 0 Å². The second-order valence-electron chi connectivity index (χ2n) is 5.70. The van der Waals surface area contributed by atoms with Crippen LogP contribution in [0.25, 0.3) is 0 Å². The molecule has 1 aliphatic rings. The number of carbonyl (C=O) groups excluding carboxylic acids is 1. The molecule has 5 heteroatoms. The van der Waals surface area contributed by atoms with E-state index in [-0.39, 0.29) is 0 Å². The molecule has 0 radical (unpaired) electrons. The van der Waals surface area contributed by atoms with E-state index in [1.165, 1.54) is 11.4 Å². The number of anilines is 3. The fourth-order valence-corrected chi connectivity index (χ4v) is 2.90. The molecule has 1 N–H and O–H groups in total. The van der Waals surface area contributed by atoms with E-state index in [9.17, 15) is 4.79 Å². The fourth-order valence-electron chi connectivity index (χ4n) is 2.90. The van der Waals surface area contributed by atoms with Crippen LogP contribution in [0.1, 0.15) is 6.92 Å². The number of rotatable bonds is 4. The lowest BCUT2D eigenvalue weighted by Gasteiger charge is -2.37. The van der Waals surface area contributed by atoms with E-state index in [0.29, 0.717) is 6.61 Å². The lowest BCUT2D eigenvalue weighted by molar-refractivity contribution is 0.168. The average Bonchev–Trinajstić information content (AvgIpc) is 2.63. The molecule has 1 saturated heterocycles. The molecule has 0 bridgehead atoms. The van der Waals surface area contributed by atoms with Gasteiger partial charge in [-0.05, 0) is 43.3 Å². The van der Waals surface area contributed by atoms with Crippen molar-refractivity contribution in [2.45, 2.75) is 6.92 Å². The van der Waals surface area contributed by atoms with Crippen molar-refractivity contribution in [3.8, 4) is 0 Å². The zero-order chi connectivity index (χ0) is 16.8. The first-order valence-electron chi connectivity index (χ1n) is 8.35. The third-order valence-corrected chi connectivity index (χ3v) is 4.16. The number of para-hydroxylation sites is 1. The summed E-state index contributed by atoms with van der Waals surface area (Å²) in [7, 11) is 0. The maximum atomic E-state index is 11.4. The van der Waals surface area contributed by atoms with Crippen LogP contribution in [0.5, 0.6) is 0 Å². The first-order chi connectivity index (χ1) is 11.8. The monoisotopic (exact) mass is 325 g/mol. The molecule has 0 spiro atoms. The van der Waals surface area contributed by atoms with Crippen LogP contribution >= 0.6 is 0 Å². The van der Waals surface area contributed by atoms with Crippen molar-refractivity contribution in [2.75, 3.05) is 47.9 Å². The van der Waals surface area contributed by atoms with Crippen molar-refractivity contribution >= 4 is 23.2 Å². The second-order valence-corrected chi connectivity index (χ2v) is 5.70. The highest BCUT2D eigenvalue weighted by molar-refractivity contribution is 5.84. The smallest absolute Gasteiger partial charge is 0.411 e. The molecule has 0 atom stereocenters. The molecule has 2 aromatic carbocycles. The highest BCUT2D eigenvalue weighted by atomic mass is 16.5. The SMILES string of the molecule is CCOC(=O)Nc1ccc(N2CCN(c3ccccc3)CC2)cc1. The fraction of sp³-hybridized carbons (Fsp3) is 0.316. The summed E-state index contributed by atoms with van der Waals surface area (Å²) in [6.45, 7) is 6.14. The lowest BCUT2D eigenvalue weighted by Crippen LogP contribution is -2.46. The van der Waals surface area contributed by atoms with E-state index < -0.39 is 6.09 Å². The largest absolute Gasteiger partial charge is 0.450 e. The molecule has 126 valence electrons. The zero-order valence-corrected chi connectivity index (χ0v) is 13.9. The van der Waals surface area contributed by atoms with Crippen molar-refractivity contribution in [1.29, 1.82) is 0 Å². The van der Waals surface area contributed by atoms with Crippen LogP contribution in [0.3, 0.4) is 0 Å². The Kier molecular flexibility index (Phi) is 5.21. The number of amides is 1. The first-order valence-corrected chi connectivity index (χ1v) is 8.35. The Bertz CT molecular complexity index is 650. The molecule has 0 unspecified atom stereocenters. The molecule has 1 fully saturated rings. The number of hydrogen-bond donors (Lipinski definition) is 1. The van der Waals surface area contributed by atoms with Crippen LogP contribution in [0.15, 0.2) is 54.6 Å². The van der Waals surface area contributed by atoms with Crippen molar-refractivity contribution in [1.82, 2.24) is 0 Å². The normalized spacial score (nSPS) is 14.4. The van der Waals surface area contributed by atoms with Crippen molar-refractivity contribution in [2.24, 2.45) is 0 Å². The van der Waals surface area contributed by atoms with Crippen molar-refractivity contribution in [3.05, 3.63) is 54.6 Å². The first kappa shape index (κ1) is 16.2. The van der Waals surface area contributed by atoms with Gasteiger partial charge >= 0.3 is 6.09 Å². The van der Waals surface area contributed by atoms with Gasteiger partial charge in [0.05, 0.1) is 6.61 Å². The average molecular weight is 325 g/mol. The van der Waals surface area contributed by atoms with Gasteiger partial charge in [0.15, 0.2) is 0 Å². The minimum atomic E-state index is -0.415. The minimum absolute atomic E-state index is 0.371. The third kappa shape index (κ3) is 3.98. The molecule has 1 heterocycles. The Labute approximate surface area is 142 Å². The number of nitrogens with one attached hydrogen (secondary N) is 1. The predicted molar refractivity (Wildman–Crippen MR) is 98.0 cm³/mol. The highest BCUT2D eigenvalue weighted by Gasteiger charge is 2.17. The number of carbonyl (C=O) groups is 1. The van der Waals surface area contributed by atoms with Crippen LogP contribution in [-0.2, 0) is 4.74 Å². The van der Waals surface area contributed by atoms with Gasteiger partial charge in [-0.2, -0.15) is 0 Å². The van der Waals surface area contributed by atoms with Gasteiger partial charge in [-0.15, -0.1) is 0 Å². The lowest BCUT2D eigenvalue weighted by atomic mass is 10.2. The molecule has 3 rings (SSSR count). The van der Waals surface area contributed by atoms with E-state index in [1.807, 2.05) is 30.3 Å². The van der Waals surface area contributed by atoms with Gasteiger partial charge in [-0.25, -0.2) is 4.79 Å². The van der Waals surface area contributed by atoms with E-state index >= 15 is 0 Å². The van der Waals surface area contributed by atoms with E-state index in [2.05, 4.69) is 39.4 Å². The summed E-state index contributed by atoms with van der Waals surface area (Å²) in [6.07, 6.45) is -0.415. The summed E-state index contributed by atoms with van der Waals surface area (Å²) < 4.78 is 4.88. The van der Waals surface area contributed by atoms with Crippen molar-refractivity contribution < 1.29 is 9.53 Å². The Hall–Kier alpha value is -2.69. The molecular formula is C19H23N3O2. The van der Waals surface area contributed by atoms with Crippen LogP contribution in [0.4, 0.5) is 21.9 Å². The maximum Gasteiger partial charge on any atom is 0.411 e. The Morgan fingerprint density at radius 1 is 0.917 bits per heavy atom. The molecule has 5 nitrogen and oxygen atoms in total. The number of piperazine rings is 1. The van der Waals surface area contributed by atoms with Gasteiger partial charge in [0, 0.05) is 43.2 Å². The number of benzene rings is 2. The van der Waals surface area contributed by atoms with Gasteiger partial charge in [0.2, 0.25) is 0 Å². The minimum Gasteiger partial charge on any atom is -0.450 e. The predicted octanol–water partition coefficient (Wildman–Crippen LogP) is 3.58. The number of hydrogen-bond acceptors (Lipinski definition) is 4. The van der Waals surface area contributed by atoms with Gasteiger partial charge in [-0.3, -0.25) is 5.32 Å². The molecule has 0 saturated carbocycles. The van der Waals surface area contributed by atoms with Crippen LogP contribution in [-0.4, -0.2) is 38.9 Å². The molecule has 2 aromatic rings. The van der Waals surface area contributed by atoms with Gasteiger partial charge in [0.25, 0.3) is 0 Å². The summed E-state index contributed by atoms with van der Waals surface area (Å²) in [5, 5.41) is 2.71. The summed E-state index contributed by atoms with van der Waals surface area (Å²) >= 11 is 0. The number of ether oxygens (including phenoxy) is 1. The van der Waals surface area contributed by atoms with Gasteiger partial charge < -0.3 is 14.5 Å². The standard InChI is InChI=1S/C19H23N3O2/c1-2-24-19(23)20-16-8-10-18(11-9-16)22-14-12-21(13-15-22)17-6-4-3-5-7-17/h3-11H,2,12-15H2,1H3,(H,20,23). The summed E-state index contributed by atoms with van der Waals surface area (Å²) in [5.74, 6) is 0. The number of nitrogens with zero attached hydrogens (tertiary/aromatic N) is 2. The molecule has 1 amide bonds. The topological polar surface area (TPSA) is 44.8 Å².